The number of rotatable bonds is 12. The molecule has 8 rings (SSSR count). The summed E-state index contributed by atoms with van der Waals surface area (Å²) in [6.45, 7) is 2.55. The third-order valence-corrected chi connectivity index (χ3v) is 13.5. The lowest BCUT2D eigenvalue weighted by atomic mass is 10.0. The van der Waals surface area contributed by atoms with Crippen LogP contribution in [-0.4, -0.2) is 96.7 Å². The van der Waals surface area contributed by atoms with E-state index in [1.807, 2.05) is 24.3 Å². The molecular formula is C42H44F2N10O6S2. The quantitative estimate of drug-likeness (QED) is 0.0954. The second kappa shape index (κ2) is 19.1. The molecule has 0 unspecified atom stereocenters. The zero-order valence-electron chi connectivity index (χ0n) is 33.7. The minimum atomic E-state index is -3.61. The lowest BCUT2D eigenvalue weighted by molar-refractivity contribution is 0.102. The number of aromatic nitrogens is 4. The van der Waals surface area contributed by atoms with E-state index in [1.165, 1.54) is 66.5 Å². The second-order valence-electron chi connectivity index (χ2n) is 14.4. The van der Waals surface area contributed by atoms with Crippen LogP contribution in [0.5, 0.6) is 11.5 Å². The molecule has 3 aromatic heterocycles. The molecule has 0 radical (unpaired) electrons. The first-order valence-electron chi connectivity index (χ1n) is 19.6. The first-order chi connectivity index (χ1) is 29.9. The minimum Gasteiger partial charge on any atom is -0.496 e. The van der Waals surface area contributed by atoms with Crippen molar-refractivity contribution < 1.29 is 36.3 Å². The number of piperidine rings is 2. The molecule has 0 saturated carbocycles. The summed E-state index contributed by atoms with van der Waals surface area (Å²) in [5.41, 5.74) is 12.2. The van der Waals surface area contributed by atoms with E-state index in [2.05, 4.69) is 35.9 Å². The Labute approximate surface area is 360 Å². The topological polar surface area (TPSA) is 230 Å². The number of nitrogens with two attached hydrogens (primary N) is 2. The minimum absolute atomic E-state index is 0.0190. The summed E-state index contributed by atoms with van der Waals surface area (Å²) < 4.78 is 66.5. The number of carbonyl (C=O) groups is 2. The SMILES string of the molecule is COc1ccc(F)cc1C(=O)c1cnc(NC2CCN(S(=O)(=O)c3csc4ccccc34)CC2)nc1N.COc1ccc(F)cc1C(=O)c1cnc(NC2CCNCC2)nc1N. The molecule has 7 N–H and O–H groups in total. The maximum atomic E-state index is 13.7. The van der Waals surface area contributed by atoms with Gasteiger partial charge in [-0.15, -0.1) is 11.3 Å². The highest BCUT2D eigenvalue weighted by Crippen LogP contribution is 2.33. The summed E-state index contributed by atoms with van der Waals surface area (Å²) >= 11 is 1.42. The van der Waals surface area contributed by atoms with Crippen molar-refractivity contribution in [3.63, 3.8) is 0 Å². The van der Waals surface area contributed by atoms with Crippen LogP contribution in [-0.2, 0) is 10.0 Å². The van der Waals surface area contributed by atoms with Gasteiger partial charge in [0.2, 0.25) is 33.5 Å². The van der Waals surface area contributed by atoms with Crippen molar-refractivity contribution in [3.8, 4) is 11.5 Å². The van der Waals surface area contributed by atoms with Crippen LogP contribution < -0.4 is 36.9 Å². The molecule has 5 heterocycles. The number of hydrogen-bond acceptors (Lipinski definition) is 16. The van der Waals surface area contributed by atoms with Crippen LogP contribution in [0.4, 0.5) is 32.3 Å². The van der Waals surface area contributed by atoms with Gasteiger partial charge in [0.15, 0.2) is 0 Å². The molecule has 20 heteroatoms. The van der Waals surface area contributed by atoms with Gasteiger partial charge in [0.25, 0.3) is 0 Å². The first kappa shape index (κ1) is 43.7. The third kappa shape index (κ3) is 9.73. The highest BCUT2D eigenvalue weighted by Gasteiger charge is 2.32. The van der Waals surface area contributed by atoms with Crippen LogP contribution in [0.3, 0.4) is 0 Å². The number of ketones is 2. The molecule has 2 fully saturated rings. The number of methoxy groups -OCH3 is 2. The van der Waals surface area contributed by atoms with Crippen molar-refractivity contribution in [1.29, 1.82) is 0 Å². The Bertz CT molecular complexity index is 2710. The monoisotopic (exact) mass is 886 g/mol. The Hall–Kier alpha value is -6.35. The molecule has 0 amide bonds. The molecule has 16 nitrogen and oxygen atoms in total. The van der Waals surface area contributed by atoms with Crippen molar-refractivity contribution in [2.75, 3.05) is 62.5 Å². The van der Waals surface area contributed by atoms with Crippen molar-refractivity contribution in [3.05, 3.63) is 112 Å². The predicted octanol–water partition coefficient (Wildman–Crippen LogP) is 5.52. The number of halogens is 2. The molecule has 6 aromatic rings. The fourth-order valence-corrected chi connectivity index (χ4v) is 10.1. The maximum absolute atomic E-state index is 13.7. The lowest BCUT2D eigenvalue weighted by Gasteiger charge is -2.31. The van der Waals surface area contributed by atoms with Gasteiger partial charge >= 0.3 is 0 Å². The third-order valence-electron chi connectivity index (χ3n) is 10.5. The summed E-state index contributed by atoms with van der Waals surface area (Å²) in [7, 11) is -0.811. The molecular weight excluding hydrogens is 843 g/mol. The molecule has 2 aliphatic heterocycles. The van der Waals surface area contributed by atoms with Gasteiger partial charge in [-0.2, -0.15) is 14.3 Å². The van der Waals surface area contributed by atoms with E-state index in [9.17, 15) is 26.8 Å². The van der Waals surface area contributed by atoms with Crippen molar-refractivity contribution in [2.24, 2.45) is 0 Å². The van der Waals surface area contributed by atoms with Crippen LogP contribution >= 0.6 is 11.3 Å². The van der Waals surface area contributed by atoms with Gasteiger partial charge in [0, 0.05) is 53.0 Å². The van der Waals surface area contributed by atoms with Crippen LogP contribution in [0.1, 0.15) is 57.5 Å². The smallest absolute Gasteiger partial charge is 0.244 e. The number of thiophene rings is 1. The van der Waals surface area contributed by atoms with E-state index >= 15 is 0 Å². The Kier molecular flexibility index (Phi) is 13.5. The summed E-state index contributed by atoms with van der Waals surface area (Å²) in [6.07, 6.45) is 5.67. The number of carbonyl (C=O) groups excluding carboxylic acids is 2. The van der Waals surface area contributed by atoms with Crippen LogP contribution in [0.2, 0.25) is 0 Å². The average Bonchev–Trinajstić information content (AvgIpc) is 3.72. The summed E-state index contributed by atoms with van der Waals surface area (Å²) in [5, 5.41) is 12.1. The van der Waals surface area contributed by atoms with E-state index in [4.69, 9.17) is 20.9 Å². The standard InChI is InChI=1S/C25H24FN5O4S2.C17H20FN5O2/c1-35-20-7-6-15(26)12-18(20)23(32)19-13-28-25(30-24(19)27)29-16-8-10-31(11-9-16)37(33,34)22-14-36-21-5-3-2-4-17(21)22;1-25-14-3-2-10(18)8-12(14)15(24)13-9-21-17(23-16(13)19)22-11-4-6-20-7-5-11/h2-7,12-14,16H,8-11H2,1H3,(H3,27,28,29,30);2-3,8-9,11,20H,4-7H2,1H3,(H3,19,21,22,23). The van der Waals surface area contributed by atoms with Crippen molar-refractivity contribution in [2.45, 2.75) is 42.7 Å². The first-order valence-corrected chi connectivity index (χ1v) is 21.9. The van der Waals surface area contributed by atoms with E-state index in [1.54, 1.807) is 5.38 Å². The molecule has 2 aliphatic rings. The number of nitrogens with one attached hydrogen (secondary N) is 3. The number of ether oxygens (including phenoxy) is 2. The highest BCUT2D eigenvalue weighted by atomic mass is 32.2. The summed E-state index contributed by atoms with van der Waals surface area (Å²) in [4.78, 5) is 42.7. The highest BCUT2D eigenvalue weighted by molar-refractivity contribution is 7.89. The fraction of sp³-hybridized carbons (Fsp3) is 0.286. The number of nitrogens with zero attached hydrogens (tertiary/aromatic N) is 5. The van der Waals surface area contributed by atoms with Crippen molar-refractivity contribution >= 4 is 66.5 Å². The summed E-state index contributed by atoms with van der Waals surface area (Å²) in [5.74, 6) is -1.08. The van der Waals surface area contributed by atoms with Crippen LogP contribution in [0.25, 0.3) is 10.1 Å². The van der Waals surface area contributed by atoms with E-state index in [0.717, 1.165) is 48.2 Å². The fourth-order valence-electron chi connectivity index (χ4n) is 7.15. The predicted molar refractivity (Wildman–Crippen MR) is 232 cm³/mol. The van der Waals surface area contributed by atoms with Gasteiger partial charge in [-0.05, 0) is 81.2 Å². The Morgan fingerprint density at radius 2 is 1.26 bits per heavy atom. The number of anilines is 4. The number of hydrogen-bond donors (Lipinski definition) is 5. The number of nitrogen functional groups attached to an aromatic ring is 2. The Balaban J connectivity index is 0.000000201. The lowest BCUT2D eigenvalue weighted by Crippen LogP contribution is -2.42. The molecule has 0 atom stereocenters. The van der Waals surface area contributed by atoms with E-state index in [0.29, 0.717) is 36.8 Å². The number of sulfonamides is 1. The summed E-state index contributed by atoms with van der Waals surface area (Å²) in [6, 6.07) is 15.0. The van der Waals surface area contributed by atoms with Gasteiger partial charge in [0.05, 0.1) is 36.5 Å². The molecule has 62 heavy (non-hydrogen) atoms. The molecule has 0 aliphatic carbocycles. The Morgan fingerprint density at radius 1 is 0.758 bits per heavy atom. The molecule has 3 aromatic carbocycles. The maximum Gasteiger partial charge on any atom is 0.244 e. The van der Waals surface area contributed by atoms with Gasteiger partial charge < -0.3 is 36.9 Å². The zero-order valence-corrected chi connectivity index (χ0v) is 35.4. The zero-order chi connectivity index (χ0) is 44.0. The van der Waals surface area contributed by atoms with E-state index < -0.39 is 33.2 Å². The molecule has 0 bridgehead atoms. The normalized spacial score (nSPS) is 15.0. The van der Waals surface area contributed by atoms with E-state index in [-0.39, 0.29) is 63.4 Å². The van der Waals surface area contributed by atoms with Crippen LogP contribution in [0.15, 0.2) is 83.3 Å². The van der Waals surface area contributed by atoms with Crippen LogP contribution in [0, 0.1) is 11.6 Å². The van der Waals surface area contributed by atoms with Gasteiger partial charge in [-0.1, -0.05) is 18.2 Å². The molecule has 0 spiro atoms. The van der Waals surface area contributed by atoms with Gasteiger partial charge in [-0.3, -0.25) is 9.59 Å². The Morgan fingerprint density at radius 3 is 1.76 bits per heavy atom. The molecule has 324 valence electrons. The average molecular weight is 887 g/mol. The van der Waals surface area contributed by atoms with Crippen molar-refractivity contribution in [1.82, 2.24) is 29.6 Å². The van der Waals surface area contributed by atoms with Gasteiger partial charge in [-0.25, -0.2) is 27.2 Å². The second-order valence-corrected chi connectivity index (χ2v) is 17.2. The number of fused-ring (bicyclic) bond motifs is 1. The molecule has 2 saturated heterocycles. The number of benzene rings is 3. The van der Waals surface area contributed by atoms with Gasteiger partial charge in [0.1, 0.15) is 39.7 Å². The largest absolute Gasteiger partial charge is 0.496 e.